The number of hydrogen-bond acceptors (Lipinski definition) is 1. The van der Waals surface area contributed by atoms with Gasteiger partial charge in [0.1, 0.15) is 11.4 Å². The lowest BCUT2D eigenvalue weighted by Crippen LogP contribution is -2.49. The van der Waals surface area contributed by atoms with Crippen LogP contribution in [0.15, 0.2) is 121 Å². The molecular weight excluding hydrogens is 484 g/mol. The summed E-state index contributed by atoms with van der Waals surface area (Å²) in [6.45, 7) is 4.75. The molecule has 40 heavy (non-hydrogen) atoms. The van der Waals surface area contributed by atoms with Crippen molar-refractivity contribution in [3.63, 3.8) is 0 Å². The molecule has 1 heteroatoms. The number of fused-ring (bicyclic) bond motifs is 6. The molecule has 8 rings (SSSR count). The second-order valence-corrected chi connectivity index (χ2v) is 12.4. The Balaban J connectivity index is 1.34. The van der Waals surface area contributed by atoms with Crippen molar-refractivity contribution in [1.29, 1.82) is 0 Å². The Morgan fingerprint density at radius 3 is 1.88 bits per heavy atom. The molecule has 5 aromatic rings. The van der Waals surface area contributed by atoms with E-state index in [9.17, 15) is 0 Å². The van der Waals surface area contributed by atoms with Crippen LogP contribution >= 0.6 is 0 Å². The molecule has 0 amide bonds. The van der Waals surface area contributed by atoms with Gasteiger partial charge in [0.2, 0.25) is 0 Å². The van der Waals surface area contributed by atoms with Gasteiger partial charge >= 0.3 is 0 Å². The van der Waals surface area contributed by atoms with Gasteiger partial charge in [-0.3, -0.25) is 0 Å². The van der Waals surface area contributed by atoms with Crippen molar-refractivity contribution in [3.8, 4) is 28.0 Å². The van der Waals surface area contributed by atoms with Crippen LogP contribution in [0.3, 0.4) is 0 Å². The molecule has 0 bridgehead atoms. The van der Waals surface area contributed by atoms with Crippen LogP contribution in [-0.2, 0) is 10.8 Å². The third-order valence-corrected chi connectivity index (χ3v) is 10.4. The second kappa shape index (κ2) is 8.45. The highest BCUT2D eigenvalue weighted by Crippen LogP contribution is 2.58. The zero-order valence-electron chi connectivity index (χ0n) is 23.3. The van der Waals surface area contributed by atoms with E-state index in [1.54, 1.807) is 0 Å². The zero-order valence-corrected chi connectivity index (χ0v) is 23.3. The van der Waals surface area contributed by atoms with E-state index >= 15 is 0 Å². The van der Waals surface area contributed by atoms with Gasteiger partial charge in [-0.15, -0.1) is 0 Å². The fourth-order valence-electron chi connectivity index (χ4n) is 8.17. The molecule has 0 N–H and O–H groups in total. The van der Waals surface area contributed by atoms with E-state index in [4.69, 9.17) is 4.74 Å². The average Bonchev–Trinajstić information content (AvgIpc) is 3.43. The molecule has 1 fully saturated rings. The number of hydrogen-bond donors (Lipinski definition) is 0. The molecule has 5 aromatic carbocycles. The van der Waals surface area contributed by atoms with Crippen LogP contribution in [-0.4, -0.2) is 5.60 Å². The van der Waals surface area contributed by atoms with Crippen molar-refractivity contribution in [2.24, 2.45) is 0 Å². The Morgan fingerprint density at radius 2 is 1.12 bits per heavy atom. The summed E-state index contributed by atoms with van der Waals surface area (Å²) in [5, 5.41) is 0. The minimum atomic E-state index is -0.351. The maximum absolute atomic E-state index is 6.64. The van der Waals surface area contributed by atoms with Crippen molar-refractivity contribution < 1.29 is 4.74 Å². The van der Waals surface area contributed by atoms with E-state index in [1.165, 1.54) is 69.3 Å². The molecule has 1 heterocycles. The van der Waals surface area contributed by atoms with Crippen LogP contribution in [0.4, 0.5) is 0 Å². The highest BCUT2D eigenvalue weighted by Gasteiger charge is 2.55. The van der Waals surface area contributed by atoms with Crippen LogP contribution in [0.2, 0.25) is 0 Å². The first-order valence-corrected chi connectivity index (χ1v) is 14.7. The molecule has 0 saturated heterocycles. The Bertz CT molecular complexity index is 1710. The lowest BCUT2D eigenvalue weighted by atomic mass is 9.63. The first-order chi connectivity index (χ1) is 19.5. The summed E-state index contributed by atoms with van der Waals surface area (Å²) < 4.78 is 6.64. The fraction of sp³-hybridized carbons (Fsp3) is 0.231. The average molecular weight is 519 g/mol. The maximum Gasteiger partial charge on any atom is 0.124 e. The smallest absolute Gasteiger partial charge is 0.124 e. The lowest BCUT2D eigenvalue weighted by Gasteiger charge is -2.43. The first kappa shape index (κ1) is 23.8. The molecule has 1 saturated carbocycles. The predicted octanol–water partition coefficient (Wildman–Crippen LogP) is 9.70. The van der Waals surface area contributed by atoms with E-state index in [-0.39, 0.29) is 16.4 Å². The van der Waals surface area contributed by atoms with Gasteiger partial charge in [-0.2, -0.15) is 0 Å². The normalized spacial score (nSPS) is 23.4. The Morgan fingerprint density at radius 1 is 0.525 bits per heavy atom. The van der Waals surface area contributed by atoms with Gasteiger partial charge < -0.3 is 4.74 Å². The molecule has 3 aliphatic rings. The van der Waals surface area contributed by atoms with Gasteiger partial charge in [0.25, 0.3) is 0 Å². The van der Waals surface area contributed by atoms with Crippen LogP contribution in [0.25, 0.3) is 22.3 Å². The SMILES string of the molecule is CC12CCCCC1(C)c1cc(-c3ccc4c(c3)-c3ccccc3C4(c3ccccc3)c3ccccc3)ccc1O2. The summed E-state index contributed by atoms with van der Waals surface area (Å²) in [5.41, 5.74) is 11.5. The van der Waals surface area contributed by atoms with Crippen molar-refractivity contribution in [2.45, 2.75) is 56.0 Å². The summed E-state index contributed by atoms with van der Waals surface area (Å²) >= 11 is 0. The van der Waals surface area contributed by atoms with E-state index < -0.39 is 0 Å². The number of benzene rings is 5. The van der Waals surface area contributed by atoms with Crippen molar-refractivity contribution in [1.82, 2.24) is 0 Å². The molecule has 196 valence electrons. The van der Waals surface area contributed by atoms with Crippen LogP contribution in [0, 0.1) is 0 Å². The Kier molecular flexibility index (Phi) is 5.02. The van der Waals surface area contributed by atoms with Gasteiger partial charge in [0.15, 0.2) is 0 Å². The van der Waals surface area contributed by atoms with Crippen LogP contribution in [0.5, 0.6) is 5.75 Å². The molecule has 2 atom stereocenters. The number of rotatable bonds is 3. The van der Waals surface area contributed by atoms with Gasteiger partial charge in [0.05, 0.1) is 5.41 Å². The largest absolute Gasteiger partial charge is 0.486 e. The summed E-state index contributed by atoms with van der Waals surface area (Å²) in [6, 6.07) is 45.1. The topological polar surface area (TPSA) is 9.23 Å². The number of ether oxygens (including phenoxy) is 1. The Labute approximate surface area is 237 Å². The van der Waals surface area contributed by atoms with Gasteiger partial charge in [0, 0.05) is 11.0 Å². The minimum absolute atomic E-state index is 0.0652. The van der Waals surface area contributed by atoms with E-state index in [1.807, 2.05) is 0 Å². The molecule has 0 spiro atoms. The lowest BCUT2D eigenvalue weighted by molar-refractivity contribution is 0.00740. The maximum atomic E-state index is 6.64. The van der Waals surface area contributed by atoms with Gasteiger partial charge in [-0.25, -0.2) is 0 Å². The summed E-state index contributed by atoms with van der Waals surface area (Å²) in [5.74, 6) is 1.08. The monoisotopic (exact) mass is 518 g/mol. The molecule has 0 radical (unpaired) electrons. The first-order valence-electron chi connectivity index (χ1n) is 14.7. The fourth-order valence-corrected chi connectivity index (χ4v) is 8.17. The Hall–Kier alpha value is -4.10. The third-order valence-electron chi connectivity index (χ3n) is 10.4. The van der Waals surface area contributed by atoms with Crippen LogP contribution < -0.4 is 4.74 Å². The minimum Gasteiger partial charge on any atom is -0.486 e. The third kappa shape index (κ3) is 3.04. The summed E-state index contributed by atoms with van der Waals surface area (Å²) in [7, 11) is 0. The highest BCUT2D eigenvalue weighted by molar-refractivity contribution is 5.89. The van der Waals surface area contributed by atoms with Crippen molar-refractivity contribution in [2.75, 3.05) is 0 Å². The zero-order chi connectivity index (χ0) is 27.0. The van der Waals surface area contributed by atoms with E-state index in [0.29, 0.717) is 0 Å². The standard InChI is InChI=1S/C39H34O/c1-37-23-11-12-24-38(37,2)40-36-22-20-28(26-35(36)37)27-19-21-34-32(25-27)31-17-9-10-18-33(31)39(34,29-13-5-3-6-14-29)30-15-7-4-8-16-30/h3-10,13-22,25-26H,11-12,23-24H2,1-2H3. The molecule has 2 aliphatic carbocycles. The highest BCUT2D eigenvalue weighted by atomic mass is 16.5. The summed E-state index contributed by atoms with van der Waals surface area (Å²) in [4.78, 5) is 0. The van der Waals surface area contributed by atoms with E-state index in [0.717, 1.165) is 12.2 Å². The molecule has 1 aliphatic heterocycles. The predicted molar refractivity (Wildman–Crippen MR) is 164 cm³/mol. The van der Waals surface area contributed by atoms with Crippen molar-refractivity contribution in [3.05, 3.63) is 149 Å². The second-order valence-electron chi connectivity index (χ2n) is 12.4. The van der Waals surface area contributed by atoms with Crippen LogP contribution in [0.1, 0.15) is 67.3 Å². The summed E-state index contributed by atoms with van der Waals surface area (Å²) in [6.07, 6.45) is 4.84. The molecule has 1 nitrogen and oxygen atoms in total. The quantitative estimate of drug-likeness (QED) is 0.227. The van der Waals surface area contributed by atoms with Gasteiger partial charge in [-0.1, -0.05) is 116 Å². The molecular formula is C39H34O. The van der Waals surface area contributed by atoms with E-state index in [2.05, 4.69) is 135 Å². The molecule has 0 aromatic heterocycles. The van der Waals surface area contributed by atoms with Crippen molar-refractivity contribution >= 4 is 0 Å². The molecule has 2 unspecified atom stereocenters. The van der Waals surface area contributed by atoms with Gasteiger partial charge in [-0.05, 0) is 88.9 Å².